The number of aromatic nitrogens is 6. The van der Waals surface area contributed by atoms with Gasteiger partial charge in [-0.25, -0.2) is 9.67 Å². The van der Waals surface area contributed by atoms with Gasteiger partial charge < -0.3 is 0 Å². The first kappa shape index (κ1) is 14.8. The maximum absolute atomic E-state index is 4.76. The summed E-state index contributed by atoms with van der Waals surface area (Å²) < 4.78 is 2.11. The molecule has 7 nitrogen and oxygen atoms in total. The number of hydrogen-bond donors (Lipinski definition) is 1. The van der Waals surface area contributed by atoms with E-state index in [1.54, 1.807) is 0 Å². The maximum Gasteiger partial charge on any atom is 0.154 e. The second kappa shape index (κ2) is 6.07. The molecule has 3 heterocycles. The third-order valence-electron chi connectivity index (χ3n) is 5.03. The minimum Gasteiger partial charge on any atom is -0.295 e. The highest BCUT2D eigenvalue weighted by molar-refractivity contribution is 5.60. The maximum atomic E-state index is 4.76. The molecule has 2 aliphatic rings. The summed E-state index contributed by atoms with van der Waals surface area (Å²) in [5, 5.41) is 16.2. The van der Waals surface area contributed by atoms with E-state index in [0.29, 0.717) is 5.92 Å². The second-order valence-corrected chi connectivity index (χ2v) is 6.89. The first-order valence-corrected chi connectivity index (χ1v) is 8.98. The Bertz CT molecular complexity index is 837. The number of rotatable bonds is 4. The highest BCUT2D eigenvalue weighted by Crippen LogP contribution is 2.38. The number of nitrogens with zero attached hydrogens (tertiary/aromatic N) is 6. The summed E-state index contributed by atoms with van der Waals surface area (Å²) in [6, 6.07) is 10.2. The van der Waals surface area contributed by atoms with Crippen molar-refractivity contribution in [1.82, 2.24) is 35.1 Å². The van der Waals surface area contributed by atoms with Crippen molar-refractivity contribution in [2.24, 2.45) is 0 Å². The molecule has 0 amide bonds. The van der Waals surface area contributed by atoms with Crippen LogP contribution in [0.15, 0.2) is 30.3 Å². The quantitative estimate of drug-likeness (QED) is 0.789. The molecule has 25 heavy (non-hydrogen) atoms. The highest BCUT2D eigenvalue weighted by Gasteiger charge is 2.29. The number of fused-ring (bicyclic) bond motifs is 1. The lowest BCUT2D eigenvalue weighted by Crippen LogP contribution is -2.27. The van der Waals surface area contributed by atoms with Gasteiger partial charge in [-0.1, -0.05) is 30.3 Å². The van der Waals surface area contributed by atoms with E-state index >= 15 is 0 Å². The summed E-state index contributed by atoms with van der Waals surface area (Å²) in [7, 11) is 0. The van der Waals surface area contributed by atoms with Gasteiger partial charge in [0.15, 0.2) is 5.82 Å². The molecule has 0 bridgehead atoms. The van der Waals surface area contributed by atoms with Crippen molar-refractivity contribution in [3.63, 3.8) is 0 Å². The average Bonchev–Trinajstić information content (AvgIpc) is 3.31. The van der Waals surface area contributed by atoms with Crippen molar-refractivity contribution in [2.45, 2.75) is 38.3 Å². The Morgan fingerprint density at radius 3 is 2.76 bits per heavy atom. The zero-order chi connectivity index (χ0) is 16.6. The van der Waals surface area contributed by atoms with Gasteiger partial charge in [0.05, 0.1) is 6.54 Å². The van der Waals surface area contributed by atoms with Crippen LogP contribution in [0.1, 0.15) is 36.1 Å². The summed E-state index contributed by atoms with van der Waals surface area (Å²) in [5.74, 6) is 2.82. The van der Waals surface area contributed by atoms with Crippen LogP contribution in [0.5, 0.6) is 0 Å². The SMILES string of the molecule is c1ccc(-c2n[nH]nc2CN2CCc3nc(C4CC4)nn3CC2)cc1. The van der Waals surface area contributed by atoms with Crippen LogP contribution in [-0.2, 0) is 19.5 Å². The van der Waals surface area contributed by atoms with E-state index < -0.39 is 0 Å². The smallest absolute Gasteiger partial charge is 0.154 e. The normalized spacial score (nSPS) is 18.1. The molecule has 0 spiro atoms. The molecule has 1 aromatic carbocycles. The van der Waals surface area contributed by atoms with Gasteiger partial charge in [-0.05, 0) is 12.8 Å². The molecule has 5 rings (SSSR count). The highest BCUT2D eigenvalue weighted by atomic mass is 15.4. The second-order valence-electron chi connectivity index (χ2n) is 6.89. The summed E-state index contributed by atoms with van der Waals surface area (Å²) in [4.78, 5) is 7.17. The van der Waals surface area contributed by atoms with Crippen LogP contribution >= 0.6 is 0 Å². The van der Waals surface area contributed by atoms with Crippen LogP contribution in [-0.4, -0.2) is 48.2 Å². The molecule has 0 saturated heterocycles. The molecule has 7 heteroatoms. The summed E-state index contributed by atoms with van der Waals surface area (Å²) in [6.07, 6.45) is 3.45. The number of nitrogens with one attached hydrogen (secondary N) is 1. The Kier molecular flexibility index (Phi) is 3.59. The van der Waals surface area contributed by atoms with Crippen molar-refractivity contribution >= 4 is 0 Å². The molecule has 2 aromatic heterocycles. The number of H-pyrrole nitrogens is 1. The number of benzene rings is 1. The number of hydrogen-bond acceptors (Lipinski definition) is 5. The van der Waals surface area contributed by atoms with E-state index in [9.17, 15) is 0 Å². The molecule has 0 unspecified atom stereocenters. The van der Waals surface area contributed by atoms with Gasteiger partial charge in [-0.3, -0.25) is 4.90 Å². The van der Waals surface area contributed by atoms with Gasteiger partial charge in [0.25, 0.3) is 0 Å². The van der Waals surface area contributed by atoms with Gasteiger partial charge in [0, 0.05) is 37.5 Å². The van der Waals surface area contributed by atoms with E-state index in [4.69, 9.17) is 10.1 Å². The van der Waals surface area contributed by atoms with Crippen molar-refractivity contribution < 1.29 is 0 Å². The van der Waals surface area contributed by atoms with Crippen LogP contribution in [0.3, 0.4) is 0 Å². The van der Waals surface area contributed by atoms with Crippen LogP contribution < -0.4 is 0 Å². The minimum absolute atomic E-state index is 0.624. The van der Waals surface area contributed by atoms with Crippen molar-refractivity contribution in [1.29, 1.82) is 0 Å². The Labute approximate surface area is 146 Å². The van der Waals surface area contributed by atoms with Crippen molar-refractivity contribution in [2.75, 3.05) is 13.1 Å². The zero-order valence-corrected chi connectivity index (χ0v) is 14.1. The molecule has 1 aliphatic heterocycles. The first-order chi connectivity index (χ1) is 12.4. The summed E-state index contributed by atoms with van der Waals surface area (Å²) in [5.41, 5.74) is 3.04. The van der Waals surface area contributed by atoms with Crippen LogP contribution in [0.2, 0.25) is 0 Å². The van der Waals surface area contributed by atoms with Crippen LogP contribution in [0.4, 0.5) is 0 Å². The fourth-order valence-electron chi connectivity index (χ4n) is 3.44. The monoisotopic (exact) mass is 335 g/mol. The Morgan fingerprint density at radius 2 is 1.92 bits per heavy atom. The lowest BCUT2D eigenvalue weighted by Gasteiger charge is -2.18. The molecule has 0 radical (unpaired) electrons. The lowest BCUT2D eigenvalue weighted by molar-refractivity contribution is 0.265. The third-order valence-corrected chi connectivity index (χ3v) is 5.03. The molecule has 3 aromatic rings. The molecule has 1 fully saturated rings. The predicted octanol–water partition coefficient (Wildman–Crippen LogP) is 2.00. The first-order valence-electron chi connectivity index (χ1n) is 8.98. The van der Waals surface area contributed by atoms with Crippen LogP contribution in [0, 0.1) is 0 Å². The molecule has 1 N–H and O–H groups in total. The largest absolute Gasteiger partial charge is 0.295 e. The van der Waals surface area contributed by atoms with Gasteiger partial charge in [-0.15, -0.1) is 0 Å². The van der Waals surface area contributed by atoms with Gasteiger partial charge in [-0.2, -0.15) is 20.5 Å². The number of aromatic amines is 1. The lowest BCUT2D eigenvalue weighted by atomic mass is 10.1. The molecular formula is C18H21N7. The fraction of sp³-hybridized carbons (Fsp3) is 0.444. The molecule has 1 saturated carbocycles. The fourth-order valence-corrected chi connectivity index (χ4v) is 3.44. The molecule has 0 atom stereocenters. The van der Waals surface area contributed by atoms with E-state index in [2.05, 4.69) is 37.1 Å². The van der Waals surface area contributed by atoms with E-state index in [1.807, 2.05) is 18.2 Å². The predicted molar refractivity (Wildman–Crippen MR) is 92.8 cm³/mol. The third kappa shape index (κ3) is 2.95. The topological polar surface area (TPSA) is 75.5 Å². The summed E-state index contributed by atoms with van der Waals surface area (Å²) >= 11 is 0. The van der Waals surface area contributed by atoms with Gasteiger partial charge >= 0.3 is 0 Å². The molecule has 128 valence electrons. The Hall–Kier alpha value is -2.54. The Morgan fingerprint density at radius 1 is 1.04 bits per heavy atom. The molecule has 1 aliphatic carbocycles. The van der Waals surface area contributed by atoms with E-state index in [0.717, 1.165) is 61.2 Å². The summed E-state index contributed by atoms with van der Waals surface area (Å²) in [6.45, 7) is 3.63. The van der Waals surface area contributed by atoms with Gasteiger partial charge in [0.1, 0.15) is 17.2 Å². The van der Waals surface area contributed by atoms with E-state index in [-0.39, 0.29) is 0 Å². The zero-order valence-electron chi connectivity index (χ0n) is 14.1. The Balaban J connectivity index is 1.30. The van der Waals surface area contributed by atoms with Crippen LogP contribution in [0.25, 0.3) is 11.3 Å². The molecular weight excluding hydrogens is 314 g/mol. The van der Waals surface area contributed by atoms with Gasteiger partial charge in [0.2, 0.25) is 0 Å². The standard InChI is InChI=1S/C18H21N7/c1-2-4-13(5-3-1)17-15(20-23-21-17)12-24-9-8-16-19-18(14-6-7-14)22-25(16)11-10-24/h1-5,14H,6-12H2,(H,20,21,23). The van der Waals surface area contributed by atoms with Crippen molar-refractivity contribution in [3.8, 4) is 11.3 Å². The van der Waals surface area contributed by atoms with Crippen molar-refractivity contribution in [3.05, 3.63) is 47.7 Å². The minimum atomic E-state index is 0.624. The van der Waals surface area contributed by atoms with E-state index in [1.165, 1.54) is 12.8 Å². The average molecular weight is 335 g/mol.